The zero-order valence-electron chi connectivity index (χ0n) is 13.1. The number of hydrogen-bond donors (Lipinski definition) is 2. The van der Waals surface area contributed by atoms with Gasteiger partial charge in [0.1, 0.15) is 5.69 Å². The lowest BCUT2D eigenvalue weighted by Gasteiger charge is -2.08. The van der Waals surface area contributed by atoms with Crippen LogP contribution in [0.25, 0.3) is 22.6 Å². The van der Waals surface area contributed by atoms with Crippen molar-refractivity contribution in [1.82, 2.24) is 14.7 Å². The maximum atomic E-state index is 11.1. The highest BCUT2D eigenvalue weighted by molar-refractivity contribution is 6.34. The zero-order valence-corrected chi connectivity index (χ0v) is 13.9. The molecule has 3 rings (SSSR count). The summed E-state index contributed by atoms with van der Waals surface area (Å²) in [4.78, 5) is 19.6. The van der Waals surface area contributed by atoms with Gasteiger partial charge in [-0.15, -0.1) is 0 Å². The van der Waals surface area contributed by atoms with Crippen LogP contribution in [0.3, 0.4) is 0 Å². The van der Waals surface area contributed by atoms with Gasteiger partial charge in [-0.2, -0.15) is 4.73 Å². The monoisotopic (exact) mass is 342 g/mol. The molecule has 2 N–H and O–H groups in total. The Hall–Kier alpha value is -2.86. The Kier molecular flexibility index (Phi) is 4.22. The number of carbonyl (C=O) groups excluding carboxylic acids is 1. The summed E-state index contributed by atoms with van der Waals surface area (Å²) >= 11 is 6.20. The Labute approximate surface area is 143 Å². The zero-order chi connectivity index (χ0) is 17.3. The second kappa shape index (κ2) is 6.33. The van der Waals surface area contributed by atoms with Gasteiger partial charge in [0.05, 0.1) is 16.4 Å². The van der Waals surface area contributed by atoms with Gasteiger partial charge < -0.3 is 10.5 Å². The average molecular weight is 343 g/mol. The average Bonchev–Trinajstić information content (AvgIpc) is 2.84. The number of anilines is 1. The molecular weight excluding hydrogens is 328 g/mol. The van der Waals surface area contributed by atoms with E-state index in [2.05, 4.69) is 15.3 Å². The quantitative estimate of drug-likeness (QED) is 0.710. The molecule has 0 bridgehead atoms. The molecule has 0 radical (unpaired) electrons. The number of benzene rings is 1. The molecule has 0 unspecified atom stereocenters. The van der Waals surface area contributed by atoms with Crippen LogP contribution in [-0.2, 0) is 4.79 Å². The second-order valence-corrected chi connectivity index (χ2v) is 5.71. The van der Waals surface area contributed by atoms with Gasteiger partial charge >= 0.3 is 0 Å². The molecule has 2 heterocycles. The number of hydrogen-bond acceptors (Lipinski definition) is 4. The minimum absolute atomic E-state index is 0.206. The van der Waals surface area contributed by atoms with Crippen molar-refractivity contribution in [2.24, 2.45) is 0 Å². The predicted octanol–water partition coefficient (Wildman–Crippen LogP) is 3.77. The standard InChI is InChI=1S/C17H15ClN4O2/c1-10-16(13-4-3-7-19-9-13)22(24)17(20-10)12-5-6-15(14(18)8-12)21-11(2)23/h3-9,24H,1-2H3,(H,21,23). The van der Waals surface area contributed by atoms with Crippen LogP contribution in [0.2, 0.25) is 5.02 Å². The summed E-state index contributed by atoms with van der Waals surface area (Å²) in [5.41, 5.74) is 3.14. The van der Waals surface area contributed by atoms with Crippen molar-refractivity contribution in [3.63, 3.8) is 0 Å². The summed E-state index contributed by atoms with van der Waals surface area (Å²) in [6, 6.07) is 8.70. The van der Waals surface area contributed by atoms with Crippen molar-refractivity contribution in [3.05, 3.63) is 53.4 Å². The van der Waals surface area contributed by atoms with Crippen LogP contribution in [-0.4, -0.2) is 25.8 Å². The Morgan fingerprint density at radius 1 is 1.29 bits per heavy atom. The van der Waals surface area contributed by atoms with E-state index >= 15 is 0 Å². The van der Waals surface area contributed by atoms with Crippen molar-refractivity contribution in [2.75, 3.05) is 5.32 Å². The number of nitrogens with one attached hydrogen (secondary N) is 1. The number of pyridine rings is 1. The highest BCUT2D eigenvalue weighted by Crippen LogP contribution is 2.31. The largest absolute Gasteiger partial charge is 0.426 e. The van der Waals surface area contributed by atoms with Crippen LogP contribution in [0.5, 0.6) is 0 Å². The fraction of sp³-hybridized carbons (Fsp3) is 0.118. The fourth-order valence-corrected chi connectivity index (χ4v) is 2.71. The van der Waals surface area contributed by atoms with Gasteiger partial charge in [-0.05, 0) is 37.3 Å². The number of amides is 1. The summed E-state index contributed by atoms with van der Waals surface area (Å²) < 4.78 is 1.02. The molecular formula is C17H15ClN4O2. The first kappa shape index (κ1) is 16.0. The minimum Gasteiger partial charge on any atom is -0.426 e. The Morgan fingerprint density at radius 3 is 2.71 bits per heavy atom. The van der Waals surface area contributed by atoms with E-state index in [1.165, 1.54) is 6.92 Å². The van der Waals surface area contributed by atoms with Crippen LogP contribution in [0.4, 0.5) is 5.69 Å². The second-order valence-electron chi connectivity index (χ2n) is 5.30. The van der Waals surface area contributed by atoms with Crippen molar-refractivity contribution in [2.45, 2.75) is 13.8 Å². The molecule has 0 atom stereocenters. The maximum absolute atomic E-state index is 11.1. The fourth-order valence-electron chi connectivity index (χ4n) is 2.48. The van der Waals surface area contributed by atoms with Crippen LogP contribution >= 0.6 is 11.6 Å². The first-order valence-corrected chi connectivity index (χ1v) is 7.61. The molecule has 7 heteroatoms. The lowest BCUT2D eigenvalue weighted by molar-refractivity contribution is -0.114. The van der Waals surface area contributed by atoms with Gasteiger partial charge in [-0.25, -0.2) is 4.98 Å². The Balaban J connectivity index is 2.05. The van der Waals surface area contributed by atoms with Gasteiger partial charge in [0.15, 0.2) is 5.82 Å². The van der Waals surface area contributed by atoms with Crippen molar-refractivity contribution < 1.29 is 10.0 Å². The van der Waals surface area contributed by atoms with Crippen LogP contribution in [0, 0.1) is 6.92 Å². The van der Waals surface area contributed by atoms with Crippen LogP contribution in [0.15, 0.2) is 42.7 Å². The van der Waals surface area contributed by atoms with Gasteiger partial charge in [0, 0.05) is 30.4 Å². The minimum atomic E-state index is -0.206. The van der Waals surface area contributed by atoms with E-state index in [-0.39, 0.29) is 5.91 Å². The number of nitrogens with zero attached hydrogens (tertiary/aromatic N) is 3. The van der Waals surface area contributed by atoms with E-state index in [1.807, 2.05) is 13.0 Å². The van der Waals surface area contributed by atoms with E-state index < -0.39 is 0 Å². The highest BCUT2D eigenvalue weighted by atomic mass is 35.5. The highest BCUT2D eigenvalue weighted by Gasteiger charge is 2.18. The summed E-state index contributed by atoms with van der Waals surface area (Å²) in [6.07, 6.45) is 3.33. The first-order valence-electron chi connectivity index (χ1n) is 7.24. The predicted molar refractivity (Wildman–Crippen MR) is 92.1 cm³/mol. The number of aromatic nitrogens is 3. The summed E-state index contributed by atoms with van der Waals surface area (Å²) in [5.74, 6) is 0.158. The smallest absolute Gasteiger partial charge is 0.221 e. The summed E-state index contributed by atoms with van der Waals surface area (Å²) in [7, 11) is 0. The van der Waals surface area contributed by atoms with E-state index in [0.29, 0.717) is 33.5 Å². The van der Waals surface area contributed by atoms with Crippen molar-refractivity contribution >= 4 is 23.2 Å². The summed E-state index contributed by atoms with van der Waals surface area (Å²) in [6.45, 7) is 3.22. The summed E-state index contributed by atoms with van der Waals surface area (Å²) in [5, 5.41) is 13.5. The van der Waals surface area contributed by atoms with E-state index in [1.54, 1.807) is 36.7 Å². The molecule has 0 saturated heterocycles. The number of rotatable bonds is 3. The molecule has 1 amide bonds. The van der Waals surface area contributed by atoms with Gasteiger partial charge in [-0.3, -0.25) is 9.78 Å². The molecule has 0 aliphatic carbocycles. The van der Waals surface area contributed by atoms with Crippen molar-refractivity contribution in [1.29, 1.82) is 0 Å². The molecule has 3 aromatic rings. The van der Waals surface area contributed by atoms with Gasteiger partial charge in [0.2, 0.25) is 5.91 Å². The Bertz CT molecular complexity index is 906. The molecule has 1 aromatic carbocycles. The van der Waals surface area contributed by atoms with E-state index in [4.69, 9.17) is 11.6 Å². The molecule has 2 aromatic heterocycles. The molecule has 24 heavy (non-hydrogen) atoms. The molecule has 0 spiro atoms. The van der Waals surface area contributed by atoms with Gasteiger partial charge in [0.25, 0.3) is 0 Å². The molecule has 0 aliphatic heterocycles. The number of carbonyl (C=O) groups is 1. The lowest BCUT2D eigenvalue weighted by Crippen LogP contribution is -2.06. The SMILES string of the molecule is CC(=O)Nc1ccc(-c2nc(C)c(-c3cccnc3)n2O)cc1Cl. The number of aryl methyl sites for hydroxylation is 1. The van der Waals surface area contributed by atoms with Crippen molar-refractivity contribution in [3.8, 4) is 22.6 Å². The topological polar surface area (TPSA) is 80.0 Å². The molecule has 6 nitrogen and oxygen atoms in total. The molecule has 0 fully saturated rings. The van der Waals surface area contributed by atoms with Gasteiger partial charge in [-0.1, -0.05) is 11.6 Å². The third kappa shape index (κ3) is 2.96. The third-order valence-electron chi connectivity index (χ3n) is 3.50. The van der Waals surface area contributed by atoms with E-state index in [9.17, 15) is 10.0 Å². The normalized spacial score (nSPS) is 10.6. The maximum Gasteiger partial charge on any atom is 0.221 e. The first-order chi connectivity index (χ1) is 11.5. The van der Waals surface area contributed by atoms with Crippen LogP contribution in [0.1, 0.15) is 12.6 Å². The molecule has 0 aliphatic rings. The lowest BCUT2D eigenvalue weighted by atomic mass is 10.2. The number of imidazole rings is 1. The van der Waals surface area contributed by atoms with Crippen LogP contribution < -0.4 is 5.32 Å². The van der Waals surface area contributed by atoms with E-state index in [0.717, 1.165) is 10.3 Å². The molecule has 0 saturated carbocycles. The number of halogens is 1. The Morgan fingerprint density at radius 2 is 2.08 bits per heavy atom. The third-order valence-corrected chi connectivity index (χ3v) is 3.81. The molecule has 122 valence electrons.